The molecule has 0 saturated carbocycles. The quantitative estimate of drug-likeness (QED) is 0.535. The molecule has 0 fully saturated rings. The molecular formula is C19H19N5OS2. The lowest BCUT2D eigenvalue weighted by Gasteiger charge is -2.17. The van der Waals surface area contributed by atoms with Gasteiger partial charge < -0.3 is 5.32 Å². The predicted octanol–water partition coefficient (Wildman–Crippen LogP) is 3.87. The maximum absolute atomic E-state index is 12.9. The highest BCUT2D eigenvalue weighted by atomic mass is 32.2. The number of fused-ring (bicyclic) bond motifs is 2. The van der Waals surface area contributed by atoms with E-state index in [1.165, 1.54) is 0 Å². The number of nitrogens with zero attached hydrogens (tertiary/aromatic N) is 4. The lowest BCUT2D eigenvalue weighted by molar-refractivity contribution is 0.0934. The van der Waals surface area contributed by atoms with Crippen LogP contribution in [0.25, 0.3) is 15.9 Å². The molecule has 3 heterocycles. The smallest absolute Gasteiger partial charge is 0.251 e. The van der Waals surface area contributed by atoms with Gasteiger partial charge in [0.25, 0.3) is 5.91 Å². The average Bonchev–Trinajstić information content (AvgIpc) is 3.26. The van der Waals surface area contributed by atoms with Gasteiger partial charge in [0.05, 0.1) is 21.3 Å². The second-order valence-electron chi connectivity index (χ2n) is 6.21. The third-order valence-corrected chi connectivity index (χ3v) is 5.90. The van der Waals surface area contributed by atoms with Crippen molar-refractivity contribution in [3.05, 3.63) is 59.0 Å². The highest BCUT2D eigenvalue weighted by Gasteiger charge is 2.21. The molecular weight excluding hydrogens is 378 g/mol. The summed E-state index contributed by atoms with van der Waals surface area (Å²) in [6.07, 6.45) is 4.76. The van der Waals surface area contributed by atoms with Crippen LogP contribution in [0.2, 0.25) is 0 Å². The van der Waals surface area contributed by atoms with E-state index in [-0.39, 0.29) is 11.9 Å². The molecule has 4 rings (SSSR count). The molecule has 0 aliphatic rings. The molecule has 1 N–H and O–H groups in total. The van der Waals surface area contributed by atoms with Crippen LogP contribution in [-0.2, 0) is 0 Å². The molecule has 1 aromatic carbocycles. The molecule has 1 amide bonds. The van der Waals surface area contributed by atoms with Crippen LogP contribution in [0, 0.1) is 6.92 Å². The lowest BCUT2D eigenvalue weighted by atomic mass is 10.1. The molecule has 3 aromatic heterocycles. The van der Waals surface area contributed by atoms with E-state index in [2.05, 4.69) is 26.8 Å². The van der Waals surface area contributed by atoms with Crippen molar-refractivity contribution in [2.45, 2.75) is 19.4 Å². The van der Waals surface area contributed by atoms with E-state index in [0.717, 1.165) is 38.9 Å². The zero-order chi connectivity index (χ0) is 18.8. The van der Waals surface area contributed by atoms with E-state index < -0.39 is 0 Å². The van der Waals surface area contributed by atoms with Gasteiger partial charge >= 0.3 is 0 Å². The lowest BCUT2D eigenvalue weighted by Crippen LogP contribution is -2.30. The van der Waals surface area contributed by atoms with Gasteiger partial charge in [-0.05, 0) is 55.7 Å². The number of amides is 1. The Balaban J connectivity index is 1.63. The van der Waals surface area contributed by atoms with Crippen LogP contribution in [0.5, 0.6) is 0 Å². The molecule has 0 aliphatic carbocycles. The summed E-state index contributed by atoms with van der Waals surface area (Å²) < 4.78 is 2.95. The summed E-state index contributed by atoms with van der Waals surface area (Å²) in [5.74, 6) is 1.56. The number of nitrogens with one attached hydrogen (secondary N) is 1. The van der Waals surface area contributed by atoms with Gasteiger partial charge in [-0.3, -0.25) is 9.20 Å². The first kappa shape index (κ1) is 17.9. The Morgan fingerprint density at radius 1 is 1.30 bits per heavy atom. The Morgan fingerprint density at radius 2 is 2.19 bits per heavy atom. The number of carbonyl (C=O) groups is 1. The Kier molecular flexibility index (Phi) is 5.09. The molecule has 0 bridgehead atoms. The molecule has 27 heavy (non-hydrogen) atoms. The summed E-state index contributed by atoms with van der Waals surface area (Å²) in [6.45, 7) is 1.97. The second kappa shape index (κ2) is 7.66. The molecule has 0 spiro atoms. The van der Waals surface area contributed by atoms with Crippen molar-refractivity contribution in [1.29, 1.82) is 0 Å². The van der Waals surface area contributed by atoms with Gasteiger partial charge in [0.1, 0.15) is 0 Å². The van der Waals surface area contributed by atoms with E-state index >= 15 is 0 Å². The SMILES string of the molecule is CSCC[C@H](NC(=O)c1ccc2nc(C)sc2c1)c1nnc2ccccn12. The Bertz CT molecular complexity index is 1100. The van der Waals surface area contributed by atoms with Crippen LogP contribution in [0.15, 0.2) is 42.6 Å². The molecule has 0 aliphatic heterocycles. The van der Waals surface area contributed by atoms with Crippen molar-refractivity contribution < 1.29 is 4.79 Å². The van der Waals surface area contributed by atoms with Crippen molar-refractivity contribution in [3.63, 3.8) is 0 Å². The van der Waals surface area contributed by atoms with Gasteiger partial charge in [-0.2, -0.15) is 11.8 Å². The predicted molar refractivity (Wildman–Crippen MR) is 111 cm³/mol. The van der Waals surface area contributed by atoms with Crippen molar-refractivity contribution in [3.8, 4) is 0 Å². The first-order valence-electron chi connectivity index (χ1n) is 8.62. The van der Waals surface area contributed by atoms with Crippen molar-refractivity contribution >= 4 is 44.9 Å². The summed E-state index contributed by atoms with van der Waals surface area (Å²) in [4.78, 5) is 17.4. The minimum Gasteiger partial charge on any atom is -0.342 e. The van der Waals surface area contributed by atoms with E-state index in [1.54, 1.807) is 23.1 Å². The van der Waals surface area contributed by atoms with Crippen LogP contribution in [0.1, 0.15) is 33.7 Å². The number of aryl methyl sites for hydroxylation is 1. The zero-order valence-electron chi connectivity index (χ0n) is 15.0. The first-order valence-corrected chi connectivity index (χ1v) is 10.8. The van der Waals surface area contributed by atoms with E-state index in [4.69, 9.17) is 0 Å². The number of rotatable bonds is 6. The van der Waals surface area contributed by atoms with Crippen LogP contribution in [-0.4, -0.2) is 37.5 Å². The molecule has 0 radical (unpaired) electrons. The summed E-state index contributed by atoms with van der Waals surface area (Å²) in [5, 5.41) is 12.7. The number of hydrogen-bond acceptors (Lipinski definition) is 6. The van der Waals surface area contributed by atoms with Gasteiger partial charge in [0.2, 0.25) is 0 Å². The highest BCUT2D eigenvalue weighted by molar-refractivity contribution is 7.98. The van der Waals surface area contributed by atoms with E-state index in [0.29, 0.717) is 5.56 Å². The standard InChI is InChI=1S/C19H19N5OS2/c1-12-20-14-7-6-13(11-16(14)27-12)19(25)21-15(8-10-26-2)18-23-22-17-5-3-4-9-24(17)18/h3-7,9,11,15H,8,10H2,1-2H3,(H,21,25)/t15-/m0/s1. The molecule has 4 aromatic rings. The number of benzene rings is 1. The summed E-state index contributed by atoms with van der Waals surface area (Å²) >= 11 is 3.34. The summed E-state index contributed by atoms with van der Waals surface area (Å²) in [6, 6.07) is 11.2. The van der Waals surface area contributed by atoms with Crippen LogP contribution in [0.4, 0.5) is 0 Å². The molecule has 8 heteroatoms. The number of pyridine rings is 1. The fraction of sp³-hybridized carbons (Fsp3) is 0.263. The Morgan fingerprint density at radius 3 is 3.04 bits per heavy atom. The van der Waals surface area contributed by atoms with Gasteiger partial charge in [0.15, 0.2) is 11.5 Å². The van der Waals surface area contributed by atoms with Gasteiger partial charge in [-0.15, -0.1) is 21.5 Å². The number of hydrogen-bond donors (Lipinski definition) is 1. The Hall–Kier alpha value is -2.45. The molecule has 0 unspecified atom stereocenters. The second-order valence-corrected chi connectivity index (χ2v) is 8.43. The van der Waals surface area contributed by atoms with E-state index in [9.17, 15) is 4.79 Å². The minimum atomic E-state index is -0.207. The highest BCUT2D eigenvalue weighted by Crippen LogP contribution is 2.24. The Labute approximate surface area is 165 Å². The van der Waals surface area contributed by atoms with Crippen molar-refractivity contribution in [2.75, 3.05) is 12.0 Å². The summed E-state index contributed by atoms with van der Waals surface area (Å²) in [7, 11) is 0. The maximum Gasteiger partial charge on any atom is 0.251 e. The monoisotopic (exact) mass is 397 g/mol. The van der Waals surface area contributed by atoms with Gasteiger partial charge in [0, 0.05) is 11.8 Å². The molecule has 1 atom stereocenters. The molecule has 0 saturated heterocycles. The number of thioether (sulfide) groups is 1. The normalized spacial score (nSPS) is 12.5. The maximum atomic E-state index is 12.9. The topological polar surface area (TPSA) is 72.2 Å². The van der Waals surface area contributed by atoms with Crippen molar-refractivity contribution in [2.24, 2.45) is 0 Å². The number of carbonyl (C=O) groups excluding carboxylic acids is 1. The fourth-order valence-electron chi connectivity index (χ4n) is 3.02. The largest absolute Gasteiger partial charge is 0.342 e. The van der Waals surface area contributed by atoms with Gasteiger partial charge in [-0.1, -0.05) is 6.07 Å². The fourth-order valence-corrected chi connectivity index (χ4v) is 4.36. The van der Waals surface area contributed by atoms with Crippen molar-refractivity contribution in [1.82, 2.24) is 24.9 Å². The van der Waals surface area contributed by atoms with Crippen LogP contribution in [0.3, 0.4) is 0 Å². The van der Waals surface area contributed by atoms with Crippen LogP contribution < -0.4 is 5.32 Å². The number of thiazole rings is 1. The summed E-state index contributed by atoms with van der Waals surface area (Å²) in [5.41, 5.74) is 2.34. The molecule has 6 nitrogen and oxygen atoms in total. The average molecular weight is 398 g/mol. The number of aromatic nitrogens is 4. The zero-order valence-corrected chi connectivity index (χ0v) is 16.7. The molecule has 138 valence electrons. The third kappa shape index (κ3) is 3.68. The minimum absolute atomic E-state index is 0.110. The van der Waals surface area contributed by atoms with Gasteiger partial charge in [-0.25, -0.2) is 4.98 Å². The van der Waals surface area contributed by atoms with Crippen LogP contribution >= 0.6 is 23.1 Å². The first-order chi connectivity index (χ1) is 13.2. The van der Waals surface area contributed by atoms with E-state index in [1.807, 2.05) is 53.9 Å². The third-order valence-electron chi connectivity index (χ3n) is 4.33.